The van der Waals surface area contributed by atoms with Crippen molar-refractivity contribution in [2.75, 3.05) is 0 Å². The van der Waals surface area contributed by atoms with E-state index in [-0.39, 0.29) is 6.42 Å². The first-order chi connectivity index (χ1) is 7.26. The molecule has 2 aliphatic rings. The minimum absolute atomic E-state index is 0.209. The summed E-state index contributed by atoms with van der Waals surface area (Å²) in [6.45, 7) is 1.38. The molecule has 88 valence electrons. The van der Waals surface area contributed by atoms with Crippen molar-refractivity contribution in [3.05, 3.63) is 12.2 Å². The average Bonchev–Trinajstić information content (AvgIpc) is 2.35. The smallest absolute Gasteiger partial charge is 0.284 e. The van der Waals surface area contributed by atoms with Crippen LogP contribution in [0.15, 0.2) is 12.2 Å². The van der Waals surface area contributed by atoms with Crippen LogP contribution in [0.3, 0.4) is 0 Å². The maximum Gasteiger partial charge on any atom is 0.284 e. The number of amides is 2. The molecule has 0 radical (unpaired) electrons. The van der Waals surface area contributed by atoms with E-state index < -0.39 is 32.1 Å². The Bertz CT molecular complexity index is 508. The zero-order valence-electron chi connectivity index (χ0n) is 8.56. The Balaban J connectivity index is 2.79. The third kappa shape index (κ3) is 1.02. The first kappa shape index (κ1) is 11.3. The van der Waals surface area contributed by atoms with Gasteiger partial charge in [0.05, 0.1) is 5.41 Å². The van der Waals surface area contributed by atoms with Gasteiger partial charge >= 0.3 is 0 Å². The van der Waals surface area contributed by atoms with Gasteiger partial charge in [-0.3, -0.25) is 19.5 Å². The van der Waals surface area contributed by atoms with Gasteiger partial charge in [-0.2, -0.15) is 8.42 Å². The Kier molecular flexibility index (Phi) is 2.06. The van der Waals surface area contributed by atoms with Crippen molar-refractivity contribution in [2.24, 2.45) is 5.41 Å². The Labute approximate surface area is 92.5 Å². The van der Waals surface area contributed by atoms with E-state index in [0.29, 0.717) is 6.42 Å². The van der Waals surface area contributed by atoms with Crippen molar-refractivity contribution >= 4 is 21.9 Å². The highest BCUT2D eigenvalue weighted by Gasteiger charge is 2.69. The maximum absolute atomic E-state index is 11.7. The highest BCUT2D eigenvalue weighted by atomic mass is 32.2. The quantitative estimate of drug-likeness (QED) is 0.373. The number of hydrogen-bond donors (Lipinski definition) is 2. The van der Waals surface area contributed by atoms with Gasteiger partial charge in [0.15, 0.2) is 0 Å². The fourth-order valence-electron chi connectivity index (χ4n) is 2.42. The topological polar surface area (TPSA) is 101 Å². The molecule has 2 atom stereocenters. The number of allylic oxidation sites excluding steroid dienone is 1. The Hall–Kier alpha value is -1.21. The molecule has 1 aliphatic heterocycles. The van der Waals surface area contributed by atoms with Crippen LogP contribution in [0.5, 0.6) is 0 Å². The molecule has 0 aromatic carbocycles. The summed E-state index contributed by atoms with van der Waals surface area (Å²) in [6, 6.07) is 0. The SMILES string of the molecule is CC12CCC=CC1(S(=O)(=O)O)C(=O)NC2=O. The number of imide groups is 1. The monoisotopic (exact) mass is 245 g/mol. The molecule has 2 N–H and O–H groups in total. The third-order valence-corrected chi connectivity index (χ3v) is 5.04. The van der Waals surface area contributed by atoms with Crippen LogP contribution in [0.1, 0.15) is 19.8 Å². The lowest BCUT2D eigenvalue weighted by Crippen LogP contribution is -2.55. The molecule has 2 rings (SSSR count). The molecule has 0 aromatic rings. The van der Waals surface area contributed by atoms with E-state index >= 15 is 0 Å². The molecule has 0 bridgehead atoms. The summed E-state index contributed by atoms with van der Waals surface area (Å²) in [4.78, 5) is 23.3. The predicted octanol–water partition coefficient (Wildman–Crippen LogP) is -0.374. The summed E-state index contributed by atoms with van der Waals surface area (Å²) in [7, 11) is -4.68. The third-order valence-electron chi connectivity index (χ3n) is 3.46. The maximum atomic E-state index is 11.7. The van der Waals surface area contributed by atoms with E-state index in [0.717, 1.165) is 6.08 Å². The molecule has 0 saturated carbocycles. The van der Waals surface area contributed by atoms with E-state index in [2.05, 4.69) is 0 Å². The number of carbonyl (C=O) groups excluding carboxylic acids is 2. The largest absolute Gasteiger partial charge is 0.294 e. The number of nitrogens with one attached hydrogen (secondary N) is 1. The molecule has 6 nitrogen and oxygen atoms in total. The van der Waals surface area contributed by atoms with Crippen LogP contribution in [0.4, 0.5) is 0 Å². The molecule has 0 spiro atoms. The highest BCUT2D eigenvalue weighted by Crippen LogP contribution is 2.49. The molecule has 2 unspecified atom stereocenters. The first-order valence-electron chi connectivity index (χ1n) is 4.76. The molecular weight excluding hydrogens is 234 g/mol. The lowest BCUT2D eigenvalue weighted by molar-refractivity contribution is -0.128. The summed E-state index contributed by atoms with van der Waals surface area (Å²) < 4.78 is 30.0. The Morgan fingerprint density at radius 1 is 1.38 bits per heavy atom. The van der Waals surface area contributed by atoms with Crippen LogP contribution in [0.2, 0.25) is 0 Å². The van der Waals surface area contributed by atoms with Crippen molar-refractivity contribution in [3.8, 4) is 0 Å². The molecule has 16 heavy (non-hydrogen) atoms. The first-order valence-corrected chi connectivity index (χ1v) is 6.20. The Morgan fingerprint density at radius 3 is 2.50 bits per heavy atom. The van der Waals surface area contributed by atoms with Gasteiger partial charge in [0, 0.05) is 0 Å². The highest BCUT2D eigenvalue weighted by molar-refractivity contribution is 7.88. The van der Waals surface area contributed by atoms with Crippen LogP contribution < -0.4 is 5.32 Å². The van der Waals surface area contributed by atoms with Crippen molar-refractivity contribution in [3.63, 3.8) is 0 Å². The second kappa shape index (κ2) is 2.92. The predicted molar refractivity (Wildman–Crippen MR) is 53.9 cm³/mol. The fourth-order valence-corrected chi connectivity index (χ4v) is 3.74. The van der Waals surface area contributed by atoms with Crippen molar-refractivity contribution < 1.29 is 22.6 Å². The lowest BCUT2D eigenvalue weighted by Gasteiger charge is -2.36. The van der Waals surface area contributed by atoms with Gasteiger partial charge in [0.25, 0.3) is 16.0 Å². The van der Waals surface area contributed by atoms with Gasteiger partial charge < -0.3 is 0 Å². The number of hydrogen-bond acceptors (Lipinski definition) is 4. The van der Waals surface area contributed by atoms with E-state index in [1.54, 1.807) is 0 Å². The number of carbonyl (C=O) groups is 2. The van der Waals surface area contributed by atoms with Crippen LogP contribution >= 0.6 is 0 Å². The molecule has 7 heteroatoms. The second-order valence-corrected chi connectivity index (χ2v) is 5.86. The zero-order chi connectivity index (χ0) is 12.2. The number of rotatable bonds is 1. The van der Waals surface area contributed by atoms with Gasteiger partial charge in [-0.25, -0.2) is 0 Å². The molecule has 1 saturated heterocycles. The zero-order valence-corrected chi connectivity index (χ0v) is 9.37. The fraction of sp³-hybridized carbons (Fsp3) is 0.556. The summed E-state index contributed by atoms with van der Waals surface area (Å²) >= 11 is 0. The van der Waals surface area contributed by atoms with Crippen LogP contribution in [0, 0.1) is 5.41 Å². The van der Waals surface area contributed by atoms with Gasteiger partial charge in [0.2, 0.25) is 10.7 Å². The second-order valence-electron chi connectivity index (χ2n) is 4.27. The minimum Gasteiger partial charge on any atom is -0.294 e. The van der Waals surface area contributed by atoms with Gasteiger partial charge in [-0.05, 0) is 19.8 Å². The van der Waals surface area contributed by atoms with Crippen LogP contribution in [0.25, 0.3) is 0 Å². The normalized spacial score (nSPS) is 38.4. The minimum atomic E-state index is -4.68. The molecule has 0 aromatic heterocycles. The van der Waals surface area contributed by atoms with Gasteiger partial charge in [0.1, 0.15) is 0 Å². The van der Waals surface area contributed by atoms with Gasteiger partial charge in [-0.1, -0.05) is 12.2 Å². The van der Waals surface area contributed by atoms with E-state index in [1.807, 2.05) is 5.32 Å². The Morgan fingerprint density at radius 2 is 2.00 bits per heavy atom. The van der Waals surface area contributed by atoms with Gasteiger partial charge in [-0.15, -0.1) is 0 Å². The molecule has 1 fully saturated rings. The molecule has 2 amide bonds. The van der Waals surface area contributed by atoms with Crippen LogP contribution in [-0.2, 0) is 19.7 Å². The molecule has 1 heterocycles. The van der Waals surface area contributed by atoms with Crippen LogP contribution in [-0.4, -0.2) is 29.5 Å². The van der Waals surface area contributed by atoms with E-state index in [1.165, 1.54) is 13.0 Å². The summed E-state index contributed by atoms with van der Waals surface area (Å²) in [6.07, 6.45) is 3.31. The van der Waals surface area contributed by atoms with E-state index in [4.69, 9.17) is 0 Å². The average molecular weight is 245 g/mol. The van der Waals surface area contributed by atoms with Crippen molar-refractivity contribution in [1.29, 1.82) is 0 Å². The van der Waals surface area contributed by atoms with Crippen molar-refractivity contribution in [1.82, 2.24) is 5.32 Å². The molecular formula is C9H11NO5S. The summed E-state index contributed by atoms with van der Waals surface area (Å²) in [5.41, 5.74) is -1.42. The number of fused-ring (bicyclic) bond motifs is 1. The summed E-state index contributed by atoms with van der Waals surface area (Å²) in [5.74, 6) is -1.63. The summed E-state index contributed by atoms with van der Waals surface area (Å²) in [5, 5.41) is 1.98. The standard InChI is InChI=1S/C9H11NO5S/c1-8-4-2-3-5-9(8,16(13,14)15)7(12)10-6(8)11/h3,5H,2,4H2,1H3,(H,10,11,12)(H,13,14,15). The molecule has 1 aliphatic carbocycles. The van der Waals surface area contributed by atoms with E-state index in [9.17, 15) is 22.6 Å². The van der Waals surface area contributed by atoms with Crippen molar-refractivity contribution in [2.45, 2.75) is 24.5 Å². The lowest BCUT2D eigenvalue weighted by atomic mass is 9.71.